The van der Waals surface area contributed by atoms with Crippen LogP contribution in [0.25, 0.3) is 0 Å². The molecule has 108 valence electrons. The molecule has 5 nitrogen and oxygen atoms in total. The highest BCUT2D eigenvalue weighted by molar-refractivity contribution is 6.07. The van der Waals surface area contributed by atoms with Crippen molar-refractivity contribution in [3.05, 3.63) is 35.4 Å². The molecule has 1 aromatic carbocycles. The van der Waals surface area contributed by atoms with Gasteiger partial charge in [-0.15, -0.1) is 0 Å². The van der Waals surface area contributed by atoms with Gasteiger partial charge in [0.05, 0.1) is 0 Å². The van der Waals surface area contributed by atoms with E-state index in [-0.39, 0.29) is 11.9 Å². The highest BCUT2D eigenvalue weighted by atomic mass is 16.2. The number of urea groups is 1. The van der Waals surface area contributed by atoms with E-state index < -0.39 is 5.54 Å². The molecule has 0 spiro atoms. The quantitative estimate of drug-likeness (QED) is 0.818. The van der Waals surface area contributed by atoms with Gasteiger partial charge in [0.2, 0.25) is 0 Å². The molecule has 5 heteroatoms. The lowest BCUT2D eigenvalue weighted by Gasteiger charge is -2.26. The van der Waals surface area contributed by atoms with Gasteiger partial charge in [-0.25, -0.2) is 4.79 Å². The van der Waals surface area contributed by atoms with Gasteiger partial charge >= 0.3 is 6.03 Å². The van der Waals surface area contributed by atoms with E-state index in [1.54, 1.807) is 0 Å². The number of imide groups is 1. The summed E-state index contributed by atoms with van der Waals surface area (Å²) >= 11 is 0. The zero-order valence-corrected chi connectivity index (χ0v) is 12.1. The predicted molar refractivity (Wildman–Crippen MR) is 77.2 cm³/mol. The molecule has 0 bridgehead atoms. The molecule has 0 aliphatic carbocycles. The van der Waals surface area contributed by atoms with Crippen molar-refractivity contribution in [2.45, 2.75) is 31.7 Å². The first kappa shape index (κ1) is 14.5. The van der Waals surface area contributed by atoms with Crippen LogP contribution in [-0.4, -0.2) is 30.4 Å². The Morgan fingerprint density at radius 1 is 1.25 bits per heavy atom. The number of benzene rings is 1. The van der Waals surface area contributed by atoms with E-state index in [9.17, 15) is 9.59 Å². The third-order valence-corrected chi connectivity index (χ3v) is 3.88. The molecule has 1 aliphatic heterocycles. The van der Waals surface area contributed by atoms with Gasteiger partial charge in [0, 0.05) is 7.05 Å². The minimum atomic E-state index is -1.02. The van der Waals surface area contributed by atoms with Crippen LogP contribution in [0.4, 0.5) is 4.79 Å². The Kier molecular flexibility index (Phi) is 3.81. The number of likely N-dealkylation sites (N-methyl/N-ethyl adjacent to an activating group) is 1. The van der Waals surface area contributed by atoms with Crippen LogP contribution in [0.3, 0.4) is 0 Å². The molecule has 3 N–H and O–H groups in total. The van der Waals surface area contributed by atoms with Crippen LogP contribution < -0.4 is 11.1 Å². The molecule has 0 radical (unpaired) electrons. The number of nitrogens with zero attached hydrogens (tertiary/aromatic N) is 1. The van der Waals surface area contributed by atoms with E-state index in [0.29, 0.717) is 18.9 Å². The largest absolute Gasteiger partial charge is 0.330 e. The smallest absolute Gasteiger partial charge is 0.325 e. The van der Waals surface area contributed by atoms with Crippen LogP contribution >= 0.6 is 0 Å². The number of nitrogens with two attached hydrogens (primary N) is 1. The molecule has 1 atom stereocenters. The maximum absolute atomic E-state index is 12.4. The Labute approximate surface area is 119 Å². The summed E-state index contributed by atoms with van der Waals surface area (Å²) in [7, 11) is 1.48. The number of hydrogen-bond donors (Lipinski definition) is 2. The second-order valence-electron chi connectivity index (χ2n) is 5.52. The molecule has 1 unspecified atom stereocenters. The number of carbonyl (C=O) groups is 2. The summed E-state index contributed by atoms with van der Waals surface area (Å²) in [4.78, 5) is 25.3. The summed E-state index contributed by atoms with van der Waals surface area (Å²) in [5.41, 5.74) is 6.61. The van der Waals surface area contributed by atoms with Crippen molar-refractivity contribution in [2.24, 2.45) is 5.73 Å². The third-order valence-electron chi connectivity index (χ3n) is 3.88. The van der Waals surface area contributed by atoms with Gasteiger partial charge in [0.25, 0.3) is 5.91 Å². The predicted octanol–water partition coefficient (Wildman–Crippen LogP) is 1.54. The molecule has 1 saturated heterocycles. The molecule has 1 fully saturated rings. The van der Waals surface area contributed by atoms with Crippen molar-refractivity contribution < 1.29 is 9.59 Å². The van der Waals surface area contributed by atoms with Gasteiger partial charge in [-0.3, -0.25) is 9.69 Å². The van der Waals surface area contributed by atoms with Crippen LogP contribution in [0.2, 0.25) is 0 Å². The lowest BCUT2D eigenvalue weighted by molar-refractivity contribution is -0.130. The number of hydrogen-bond acceptors (Lipinski definition) is 3. The van der Waals surface area contributed by atoms with E-state index >= 15 is 0 Å². The summed E-state index contributed by atoms with van der Waals surface area (Å²) in [5, 5.41) is 2.79. The summed E-state index contributed by atoms with van der Waals surface area (Å²) in [6.07, 6.45) is 0.392. The van der Waals surface area contributed by atoms with E-state index in [4.69, 9.17) is 5.73 Å². The van der Waals surface area contributed by atoms with Crippen molar-refractivity contribution in [1.82, 2.24) is 10.2 Å². The van der Waals surface area contributed by atoms with Gasteiger partial charge < -0.3 is 11.1 Å². The molecule has 20 heavy (non-hydrogen) atoms. The Balaban J connectivity index is 2.43. The monoisotopic (exact) mass is 275 g/mol. The first-order valence-corrected chi connectivity index (χ1v) is 6.83. The van der Waals surface area contributed by atoms with Crippen molar-refractivity contribution in [1.29, 1.82) is 0 Å². The van der Waals surface area contributed by atoms with Gasteiger partial charge in [-0.1, -0.05) is 38.1 Å². The number of rotatable bonds is 4. The van der Waals surface area contributed by atoms with E-state index in [1.165, 1.54) is 12.6 Å². The number of carbonyl (C=O) groups excluding carboxylic acids is 2. The van der Waals surface area contributed by atoms with Gasteiger partial charge in [-0.05, 0) is 30.0 Å². The normalized spacial score (nSPS) is 22.6. The third kappa shape index (κ3) is 2.18. The van der Waals surface area contributed by atoms with Crippen molar-refractivity contribution in [2.75, 3.05) is 13.6 Å². The minimum Gasteiger partial charge on any atom is -0.330 e. The Morgan fingerprint density at radius 2 is 1.85 bits per heavy atom. The van der Waals surface area contributed by atoms with Crippen molar-refractivity contribution in [3.63, 3.8) is 0 Å². The van der Waals surface area contributed by atoms with Crippen LogP contribution in [0.5, 0.6) is 0 Å². The van der Waals surface area contributed by atoms with Crippen molar-refractivity contribution >= 4 is 11.9 Å². The van der Waals surface area contributed by atoms with E-state index in [2.05, 4.69) is 19.2 Å². The maximum Gasteiger partial charge on any atom is 0.325 e. The first-order valence-electron chi connectivity index (χ1n) is 6.83. The van der Waals surface area contributed by atoms with Crippen molar-refractivity contribution in [3.8, 4) is 0 Å². The minimum absolute atomic E-state index is 0.245. The fourth-order valence-electron chi connectivity index (χ4n) is 2.58. The molecule has 2 rings (SSSR count). The second kappa shape index (κ2) is 5.25. The fraction of sp³-hybridized carbons (Fsp3) is 0.467. The summed E-state index contributed by atoms with van der Waals surface area (Å²) in [6, 6.07) is 7.42. The highest BCUT2D eigenvalue weighted by Crippen LogP contribution is 2.32. The van der Waals surface area contributed by atoms with Crippen LogP contribution in [0.1, 0.15) is 37.3 Å². The molecular weight excluding hydrogens is 254 g/mol. The van der Waals surface area contributed by atoms with E-state index in [1.807, 2.05) is 24.3 Å². The zero-order valence-electron chi connectivity index (χ0n) is 12.1. The summed E-state index contributed by atoms with van der Waals surface area (Å²) in [5.74, 6) is 0.177. The topological polar surface area (TPSA) is 75.4 Å². The summed E-state index contributed by atoms with van der Waals surface area (Å²) in [6.45, 7) is 4.55. The number of nitrogens with one attached hydrogen (secondary N) is 1. The first-order chi connectivity index (χ1) is 9.42. The Bertz CT molecular complexity index is 524. The lowest BCUT2D eigenvalue weighted by Crippen LogP contribution is -2.45. The highest BCUT2D eigenvalue weighted by Gasteiger charge is 2.50. The average Bonchev–Trinajstić information content (AvgIpc) is 2.65. The van der Waals surface area contributed by atoms with Gasteiger partial charge in [-0.2, -0.15) is 0 Å². The SMILES string of the molecule is CC(C)c1ccc(C2(CCN)NC(=O)N(C)C2=O)cc1. The van der Waals surface area contributed by atoms with E-state index in [0.717, 1.165) is 10.5 Å². The second-order valence-corrected chi connectivity index (χ2v) is 5.52. The molecule has 3 amide bonds. The molecule has 1 heterocycles. The lowest BCUT2D eigenvalue weighted by atomic mass is 9.85. The zero-order chi connectivity index (χ0) is 14.9. The standard InChI is InChI=1S/C15H21N3O2/c1-10(2)11-4-6-12(7-5-11)15(8-9-16)13(19)18(3)14(20)17-15/h4-7,10H,8-9,16H2,1-3H3,(H,17,20). The number of amides is 3. The maximum atomic E-state index is 12.4. The molecule has 0 saturated carbocycles. The van der Waals surface area contributed by atoms with Crippen LogP contribution in [-0.2, 0) is 10.3 Å². The van der Waals surface area contributed by atoms with Gasteiger partial charge in [0.1, 0.15) is 5.54 Å². The summed E-state index contributed by atoms with van der Waals surface area (Å²) < 4.78 is 0. The molecule has 0 aromatic heterocycles. The molecule has 1 aliphatic rings. The van der Waals surface area contributed by atoms with Crippen LogP contribution in [0, 0.1) is 0 Å². The molecule has 1 aromatic rings. The van der Waals surface area contributed by atoms with Crippen LogP contribution in [0.15, 0.2) is 24.3 Å². The molecular formula is C15H21N3O2. The fourth-order valence-corrected chi connectivity index (χ4v) is 2.58. The Morgan fingerprint density at radius 3 is 2.25 bits per heavy atom. The van der Waals surface area contributed by atoms with Gasteiger partial charge in [0.15, 0.2) is 0 Å². The average molecular weight is 275 g/mol. The Hall–Kier alpha value is -1.88.